The van der Waals surface area contributed by atoms with Crippen molar-refractivity contribution in [3.05, 3.63) is 12.7 Å². The van der Waals surface area contributed by atoms with Crippen molar-refractivity contribution in [2.24, 2.45) is 5.41 Å². The Morgan fingerprint density at radius 2 is 2.00 bits per heavy atom. The second-order valence-corrected chi connectivity index (χ2v) is 3.32. The van der Waals surface area contributed by atoms with Crippen LogP contribution in [0.3, 0.4) is 0 Å². The van der Waals surface area contributed by atoms with Crippen LogP contribution < -0.4 is 0 Å². The van der Waals surface area contributed by atoms with Crippen molar-refractivity contribution in [3.63, 3.8) is 0 Å². The molecule has 1 unspecified atom stereocenters. The normalized spacial score (nSPS) is 16.3. The van der Waals surface area contributed by atoms with Gasteiger partial charge < -0.3 is 0 Å². The van der Waals surface area contributed by atoms with Crippen LogP contribution in [-0.4, -0.2) is 0 Å². The summed E-state index contributed by atoms with van der Waals surface area (Å²) in [6.07, 6.45) is 7.24. The summed E-state index contributed by atoms with van der Waals surface area (Å²) in [6, 6.07) is 0. The average molecular weight is 140 g/mol. The summed E-state index contributed by atoms with van der Waals surface area (Å²) in [5.41, 5.74) is 0.399. The Labute approximate surface area is 65.3 Å². The highest BCUT2D eigenvalue weighted by atomic mass is 14.2. The van der Waals surface area contributed by atoms with Crippen LogP contribution in [0.2, 0.25) is 0 Å². The van der Waals surface area contributed by atoms with Crippen molar-refractivity contribution in [1.29, 1.82) is 0 Å². The highest BCUT2D eigenvalue weighted by Gasteiger charge is 2.15. The summed E-state index contributed by atoms with van der Waals surface area (Å²) < 4.78 is 0. The van der Waals surface area contributed by atoms with Crippen LogP contribution >= 0.6 is 0 Å². The Morgan fingerprint density at radius 1 is 1.40 bits per heavy atom. The topological polar surface area (TPSA) is 0 Å². The molecule has 0 N–H and O–H groups in total. The predicted molar refractivity (Wildman–Crippen MR) is 48.1 cm³/mol. The van der Waals surface area contributed by atoms with Gasteiger partial charge in [0.15, 0.2) is 0 Å². The van der Waals surface area contributed by atoms with E-state index in [-0.39, 0.29) is 0 Å². The van der Waals surface area contributed by atoms with E-state index in [0.29, 0.717) is 5.41 Å². The molecule has 0 saturated carbocycles. The van der Waals surface area contributed by atoms with Gasteiger partial charge in [0.2, 0.25) is 0 Å². The fourth-order valence-corrected chi connectivity index (χ4v) is 1.00. The summed E-state index contributed by atoms with van der Waals surface area (Å²) in [6.45, 7) is 10.6. The lowest BCUT2D eigenvalue weighted by Gasteiger charge is -2.23. The van der Waals surface area contributed by atoms with E-state index in [1.165, 1.54) is 25.7 Å². The third kappa shape index (κ3) is 3.05. The second-order valence-electron chi connectivity index (χ2n) is 3.32. The molecule has 0 bridgehead atoms. The van der Waals surface area contributed by atoms with E-state index >= 15 is 0 Å². The first kappa shape index (κ1) is 9.74. The van der Waals surface area contributed by atoms with Crippen LogP contribution in [0.4, 0.5) is 0 Å². The third-order valence-corrected chi connectivity index (χ3v) is 2.40. The van der Waals surface area contributed by atoms with Crippen molar-refractivity contribution in [3.8, 4) is 0 Å². The van der Waals surface area contributed by atoms with Gasteiger partial charge in [-0.2, -0.15) is 0 Å². The molecule has 10 heavy (non-hydrogen) atoms. The van der Waals surface area contributed by atoms with Gasteiger partial charge in [-0.1, -0.05) is 39.7 Å². The van der Waals surface area contributed by atoms with Gasteiger partial charge in [-0.15, -0.1) is 6.58 Å². The first-order valence-corrected chi connectivity index (χ1v) is 4.32. The van der Waals surface area contributed by atoms with E-state index in [4.69, 9.17) is 0 Å². The lowest BCUT2D eigenvalue weighted by Crippen LogP contribution is -2.10. The zero-order valence-electron chi connectivity index (χ0n) is 7.61. The van der Waals surface area contributed by atoms with Gasteiger partial charge in [0.25, 0.3) is 0 Å². The Hall–Kier alpha value is -0.260. The molecule has 0 aromatic rings. The predicted octanol–water partition coefficient (Wildman–Crippen LogP) is 3.78. The molecule has 0 aliphatic heterocycles. The molecule has 1 atom stereocenters. The zero-order valence-corrected chi connectivity index (χ0v) is 7.61. The van der Waals surface area contributed by atoms with E-state index in [0.717, 1.165) is 0 Å². The van der Waals surface area contributed by atoms with Gasteiger partial charge in [-0.25, -0.2) is 0 Å². The molecule has 0 aromatic carbocycles. The van der Waals surface area contributed by atoms with Crippen LogP contribution in [0.25, 0.3) is 0 Å². The number of allylic oxidation sites excluding steroid dienone is 1. The van der Waals surface area contributed by atoms with Gasteiger partial charge in [0.05, 0.1) is 0 Å². The Morgan fingerprint density at radius 3 is 2.30 bits per heavy atom. The van der Waals surface area contributed by atoms with E-state index < -0.39 is 0 Å². The summed E-state index contributed by atoms with van der Waals surface area (Å²) in [7, 11) is 0. The van der Waals surface area contributed by atoms with Gasteiger partial charge in [0.1, 0.15) is 0 Å². The molecule has 0 heterocycles. The molecule has 0 aliphatic carbocycles. The summed E-state index contributed by atoms with van der Waals surface area (Å²) in [4.78, 5) is 0. The summed E-state index contributed by atoms with van der Waals surface area (Å²) in [5, 5.41) is 0. The van der Waals surface area contributed by atoms with E-state index in [9.17, 15) is 0 Å². The Balaban J connectivity index is 3.68. The van der Waals surface area contributed by atoms with Crippen molar-refractivity contribution >= 4 is 0 Å². The van der Waals surface area contributed by atoms with Crippen LogP contribution in [0.1, 0.15) is 46.5 Å². The first-order chi connectivity index (χ1) is 4.68. The lowest BCUT2D eigenvalue weighted by molar-refractivity contribution is 0.364. The van der Waals surface area contributed by atoms with Gasteiger partial charge >= 0.3 is 0 Å². The molecule has 60 valence electrons. The maximum Gasteiger partial charge on any atom is -0.0152 e. The minimum absolute atomic E-state index is 0.399. The molecule has 0 heteroatoms. The molecule has 0 saturated heterocycles. The van der Waals surface area contributed by atoms with Crippen LogP contribution in [0.15, 0.2) is 12.7 Å². The van der Waals surface area contributed by atoms with Crippen LogP contribution in [-0.2, 0) is 0 Å². The van der Waals surface area contributed by atoms with Gasteiger partial charge in [-0.3, -0.25) is 0 Å². The number of rotatable bonds is 5. The molecular weight excluding hydrogens is 120 g/mol. The molecule has 0 nitrogen and oxygen atoms in total. The van der Waals surface area contributed by atoms with Crippen LogP contribution in [0, 0.1) is 5.41 Å². The Bertz CT molecular complexity index is 94.2. The largest absolute Gasteiger partial charge is 0.103 e. The van der Waals surface area contributed by atoms with Crippen LogP contribution in [0.5, 0.6) is 0 Å². The molecule has 0 fully saturated rings. The lowest BCUT2D eigenvalue weighted by atomic mass is 9.83. The third-order valence-electron chi connectivity index (χ3n) is 2.40. The fraction of sp³-hybridized carbons (Fsp3) is 0.800. The molecule has 0 amide bonds. The highest BCUT2D eigenvalue weighted by Crippen LogP contribution is 2.28. The quantitative estimate of drug-likeness (QED) is 0.510. The van der Waals surface area contributed by atoms with E-state index in [2.05, 4.69) is 33.4 Å². The SMILES string of the molecule is C=CC(C)(CC)CCCC. The maximum absolute atomic E-state index is 3.86. The van der Waals surface area contributed by atoms with Gasteiger partial charge in [-0.05, 0) is 18.3 Å². The smallest absolute Gasteiger partial charge is 0.0152 e. The van der Waals surface area contributed by atoms with Crippen molar-refractivity contribution in [2.75, 3.05) is 0 Å². The minimum Gasteiger partial charge on any atom is -0.103 e. The average Bonchev–Trinajstić information content (AvgIpc) is 2.00. The Kier molecular flexibility index (Phi) is 4.42. The molecule has 0 spiro atoms. The van der Waals surface area contributed by atoms with Crippen molar-refractivity contribution in [1.82, 2.24) is 0 Å². The van der Waals surface area contributed by atoms with Crippen molar-refractivity contribution < 1.29 is 0 Å². The molecule has 0 aliphatic rings. The number of hydrogen-bond acceptors (Lipinski definition) is 0. The highest BCUT2D eigenvalue weighted by molar-refractivity contribution is 4.89. The molecule has 0 radical (unpaired) electrons. The molecule has 0 aromatic heterocycles. The van der Waals surface area contributed by atoms with E-state index in [1.807, 2.05) is 0 Å². The maximum atomic E-state index is 3.86. The number of hydrogen-bond donors (Lipinski definition) is 0. The first-order valence-electron chi connectivity index (χ1n) is 4.32. The van der Waals surface area contributed by atoms with Gasteiger partial charge in [0, 0.05) is 0 Å². The monoisotopic (exact) mass is 140 g/mol. The number of unbranched alkanes of at least 4 members (excludes halogenated alkanes) is 1. The molecule has 0 rings (SSSR count). The summed E-state index contributed by atoms with van der Waals surface area (Å²) in [5.74, 6) is 0. The summed E-state index contributed by atoms with van der Waals surface area (Å²) >= 11 is 0. The zero-order chi connectivity index (χ0) is 8.04. The standard InChI is InChI=1S/C10H20/c1-5-8-9-10(4,6-2)7-3/h6H,2,5,7-9H2,1,3-4H3. The van der Waals surface area contributed by atoms with E-state index in [1.54, 1.807) is 0 Å². The fourth-order valence-electron chi connectivity index (χ4n) is 1.00. The second kappa shape index (κ2) is 4.54. The minimum atomic E-state index is 0.399. The van der Waals surface area contributed by atoms with Crippen molar-refractivity contribution in [2.45, 2.75) is 46.5 Å². The molecular formula is C10H20.